The van der Waals surface area contributed by atoms with Gasteiger partial charge in [0.05, 0.1) is 23.9 Å². The maximum absolute atomic E-state index is 12.7. The first-order chi connectivity index (χ1) is 15.5. The highest BCUT2D eigenvalue weighted by atomic mass is 16.2. The second kappa shape index (κ2) is 9.96. The predicted molar refractivity (Wildman–Crippen MR) is 126 cm³/mol. The first-order valence-electron chi connectivity index (χ1n) is 11.3. The molecule has 32 heavy (non-hydrogen) atoms. The number of nitrogens with zero attached hydrogens (tertiary/aromatic N) is 2. The Hall–Kier alpha value is -3.19. The van der Waals surface area contributed by atoms with Crippen LogP contribution in [-0.2, 0) is 9.59 Å². The summed E-state index contributed by atoms with van der Waals surface area (Å²) >= 11 is 0. The molecule has 1 atom stereocenters. The van der Waals surface area contributed by atoms with E-state index in [1.54, 1.807) is 0 Å². The number of carbonyl (C=O) groups excluding carboxylic acids is 2. The van der Waals surface area contributed by atoms with Crippen molar-refractivity contribution in [2.24, 2.45) is 11.7 Å². The Morgan fingerprint density at radius 3 is 2.69 bits per heavy atom. The van der Waals surface area contributed by atoms with Crippen molar-refractivity contribution in [1.82, 2.24) is 20.2 Å². The van der Waals surface area contributed by atoms with Crippen LogP contribution in [0.2, 0.25) is 0 Å². The van der Waals surface area contributed by atoms with E-state index in [0.717, 1.165) is 55.9 Å². The number of nitrogens with one attached hydrogen (secondary N) is 2. The third-order valence-electron chi connectivity index (χ3n) is 6.15. The van der Waals surface area contributed by atoms with Crippen LogP contribution in [0.3, 0.4) is 0 Å². The highest BCUT2D eigenvalue weighted by Gasteiger charge is 2.31. The van der Waals surface area contributed by atoms with Crippen LogP contribution in [0, 0.1) is 5.92 Å². The van der Waals surface area contributed by atoms with Gasteiger partial charge in [0.1, 0.15) is 5.82 Å². The number of benzene rings is 2. The van der Waals surface area contributed by atoms with Crippen LogP contribution < -0.4 is 11.1 Å². The van der Waals surface area contributed by atoms with E-state index >= 15 is 0 Å². The standard InChI is InChI=1S/C25H31N5O2/c1-30-15-20(16-30)25(32)29-21(9-3-2-4-10-23(26)31)24-27-14-22(28-24)19-12-11-17-7-5-6-8-18(17)13-19/h5-8,11-14,20-21H,2-4,9-10,15-16H2,1H3,(H2,26,31)(H,27,28)(H,29,32)/t21-/m0/s1. The zero-order valence-corrected chi connectivity index (χ0v) is 18.5. The van der Waals surface area contributed by atoms with Gasteiger partial charge in [0, 0.05) is 25.1 Å². The molecule has 2 amide bonds. The number of unbranched alkanes of at least 4 members (excludes halogenated alkanes) is 2. The summed E-state index contributed by atoms with van der Waals surface area (Å²) in [6.45, 7) is 1.58. The van der Waals surface area contributed by atoms with Gasteiger partial charge < -0.3 is 20.9 Å². The highest BCUT2D eigenvalue weighted by molar-refractivity contribution is 5.86. The Morgan fingerprint density at radius 2 is 1.94 bits per heavy atom. The van der Waals surface area contributed by atoms with E-state index in [4.69, 9.17) is 5.73 Å². The summed E-state index contributed by atoms with van der Waals surface area (Å²) in [5.41, 5.74) is 7.23. The van der Waals surface area contributed by atoms with Crippen LogP contribution in [0.15, 0.2) is 48.7 Å². The second-order valence-electron chi connectivity index (χ2n) is 8.79. The van der Waals surface area contributed by atoms with Gasteiger partial charge in [0.15, 0.2) is 0 Å². The Bertz CT molecular complexity index is 1090. The molecule has 4 N–H and O–H groups in total. The van der Waals surface area contributed by atoms with Gasteiger partial charge in [-0.2, -0.15) is 0 Å². The molecule has 1 aliphatic rings. The number of H-pyrrole nitrogens is 1. The number of likely N-dealkylation sites (tertiary alicyclic amines) is 1. The van der Waals surface area contributed by atoms with E-state index in [1.165, 1.54) is 10.8 Å². The van der Waals surface area contributed by atoms with E-state index < -0.39 is 0 Å². The summed E-state index contributed by atoms with van der Waals surface area (Å²) in [7, 11) is 2.02. The smallest absolute Gasteiger partial charge is 0.226 e. The van der Waals surface area contributed by atoms with Gasteiger partial charge in [-0.25, -0.2) is 4.98 Å². The fraction of sp³-hybridized carbons (Fsp3) is 0.400. The molecular weight excluding hydrogens is 402 g/mol. The zero-order chi connectivity index (χ0) is 22.5. The van der Waals surface area contributed by atoms with Crippen molar-refractivity contribution in [1.29, 1.82) is 0 Å². The maximum Gasteiger partial charge on any atom is 0.226 e. The van der Waals surface area contributed by atoms with Crippen molar-refractivity contribution in [2.45, 2.75) is 38.1 Å². The van der Waals surface area contributed by atoms with E-state index in [9.17, 15) is 9.59 Å². The van der Waals surface area contributed by atoms with Gasteiger partial charge >= 0.3 is 0 Å². The van der Waals surface area contributed by atoms with Crippen molar-refractivity contribution in [3.63, 3.8) is 0 Å². The number of hydrogen-bond acceptors (Lipinski definition) is 4. The third-order valence-corrected chi connectivity index (χ3v) is 6.15. The lowest BCUT2D eigenvalue weighted by molar-refractivity contribution is -0.130. The minimum atomic E-state index is -0.269. The predicted octanol–water partition coefficient (Wildman–Crippen LogP) is 3.38. The van der Waals surface area contributed by atoms with Gasteiger partial charge in [-0.1, -0.05) is 49.2 Å². The number of hydrogen-bond donors (Lipinski definition) is 3. The fourth-order valence-electron chi connectivity index (χ4n) is 4.27. The second-order valence-corrected chi connectivity index (χ2v) is 8.79. The number of imidazole rings is 1. The van der Waals surface area contributed by atoms with Crippen molar-refractivity contribution in [3.05, 3.63) is 54.5 Å². The lowest BCUT2D eigenvalue weighted by Gasteiger charge is -2.35. The van der Waals surface area contributed by atoms with Crippen LogP contribution in [0.1, 0.15) is 44.0 Å². The topological polar surface area (TPSA) is 104 Å². The molecule has 0 spiro atoms. The van der Waals surface area contributed by atoms with Crippen LogP contribution in [0.4, 0.5) is 0 Å². The largest absolute Gasteiger partial charge is 0.370 e. The molecule has 1 saturated heterocycles. The minimum Gasteiger partial charge on any atom is -0.370 e. The highest BCUT2D eigenvalue weighted by Crippen LogP contribution is 2.26. The third kappa shape index (κ3) is 5.34. The van der Waals surface area contributed by atoms with Crippen molar-refractivity contribution < 1.29 is 9.59 Å². The number of aromatic nitrogens is 2. The molecule has 7 nitrogen and oxygen atoms in total. The van der Waals surface area contributed by atoms with Crippen LogP contribution >= 0.6 is 0 Å². The van der Waals surface area contributed by atoms with Crippen LogP contribution in [-0.4, -0.2) is 46.8 Å². The summed E-state index contributed by atoms with van der Waals surface area (Å²) in [5.74, 6) is 0.611. The van der Waals surface area contributed by atoms with Crippen LogP contribution in [0.25, 0.3) is 22.0 Å². The summed E-state index contributed by atoms with van der Waals surface area (Å²) in [6.07, 6.45) is 5.54. The molecule has 1 aromatic heterocycles. The summed E-state index contributed by atoms with van der Waals surface area (Å²) in [4.78, 5) is 33.9. The molecule has 4 rings (SSSR count). The molecule has 0 bridgehead atoms. The van der Waals surface area contributed by atoms with Crippen LogP contribution in [0.5, 0.6) is 0 Å². The molecule has 2 heterocycles. The Kier molecular flexibility index (Phi) is 6.85. The van der Waals surface area contributed by atoms with Crippen molar-refractivity contribution in [3.8, 4) is 11.3 Å². The Labute approximate surface area is 188 Å². The molecule has 1 fully saturated rings. The van der Waals surface area contributed by atoms with Gasteiger partial charge in [-0.05, 0) is 36.7 Å². The monoisotopic (exact) mass is 433 g/mol. The molecule has 0 saturated carbocycles. The molecule has 7 heteroatoms. The number of nitrogens with two attached hydrogens (primary N) is 1. The van der Waals surface area contributed by atoms with E-state index in [2.05, 4.69) is 50.5 Å². The zero-order valence-electron chi connectivity index (χ0n) is 18.5. The van der Waals surface area contributed by atoms with Crippen molar-refractivity contribution in [2.75, 3.05) is 20.1 Å². The average molecular weight is 434 g/mol. The molecular formula is C25H31N5O2. The molecule has 168 valence electrons. The van der Waals surface area contributed by atoms with Gasteiger partial charge in [0.25, 0.3) is 0 Å². The van der Waals surface area contributed by atoms with Gasteiger partial charge in [0.2, 0.25) is 11.8 Å². The Balaban J connectivity index is 1.47. The maximum atomic E-state index is 12.7. The SMILES string of the molecule is CN1CC(C(=O)N[C@@H](CCCCCC(N)=O)c2ncc(-c3ccc4ccccc4c3)[nH]2)C1. The van der Waals surface area contributed by atoms with Gasteiger partial charge in [-0.3, -0.25) is 9.59 Å². The number of fused-ring (bicyclic) bond motifs is 1. The molecule has 1 aliphatic heterocycles. The number of aromatic amines is 1. The lowest BCUT2D eigenvalue weighted by Crippen LogP contribution is -2.52. The molecule has 0 unspecified atom stereocenters. The van der Waals surface area contributed by atoms with E-state index in [-0.39, 0.29) is 23.8 Å². The quantitative estimate of drug-likeness (QED) is 0.426. The average Bonchev–Trinajstić information content (AvgIpc) is 3.25. The first kappa shape index (κ1) is 22.0. The number of amides is 2. The normalized spacial score (nSPS) is 15.4. The molecule has 0 aliphatic carbocycles. The first-order valence-corrected chi connectivity index (χ1v) is 11.3. The number of primary amides is 1. The summed E-state index contributed by atoms with van der Waals surface area (Å²) in [5, 5.41) is 5.57. The van der Waals surface area contributed by atoms with E-state index in [1.807, 2.05) is 25.4 Å². The fourth-order valence-corrected chi connectivity index (χ4v) is 4.27. The summed E-state index contributed by atoms with van der Waals surface area (Å²) in [6, 6.07) is 14.4. The molecule has 0 radical (unpaired) electrons. The lowest BCUT2D eigenvalue weighted by atomic mass is 9.99. The molecule has 3 aromatic rings. The Morgan fingerprint density at radius 1 is 1.16 bits per heavy atom. The number of carbonyl (C=O) groups is 2. The number of rotatable bonds is 10. The molecule has 2 aromatic carbocycles. The minimum absolute atomic E-state index is 0.0345. The summed E-state index contributed by atoms with van der Waals surface area (Å²) < 4.78 is 0. The van der Waals surface area contributed by atoms with Crippen molar-refractivity contribution >= 4 is 22.6 Å². The van der Waals surface area contributed by atoms with Gasteiger partial charge in [-0.15, -0.1) is 0 Å². The van der Waals surface area contributed by atoms with E-state index in [0.29, 0.717) is 6.42 Å².